The summed E-state index contributed by atoms with van der Waals surface area (Å²) in [6, 6.07) is 3.38. The van der Waals surface area contributed by atoms with Crippen molar-refractivity contribution in [2.45, 2.75) is 6.61 Å². The van der Waals surface area contributed by atoms with Crippen LogP contribution in [0.15, 0.2) is 30.7 Å². The first-order chi connectivity index (χ1) is 11.9. The Hall–Kier alpha value is -2.20. The average Bonchev–Trinajstić information content (AvgIpc) is 2.57. The van der Waals surface area contributed by atoms with Crippen LogP contribution in [-0.4, -0.2) is 21.6 Å². The molecule has 0 fully saturated rings. The zero-order valence-electron chi connectivity index (χ0n) is 11.9. The Labute approximate surface area is 151 Å². The number of rotatable bonds is 4. The lowest BCUT2D eigenvalue weighted by Crippen LogP contribution is -2.09. The van der Waals surface area contributed by atoms with Gasteiger partial charge in [-0.05, 0) is 12.1 Å². The molecule has 3 rings (SSSR count). The predicted octanol–water partition coefficient (Wildman–Crippen LogP) is 5.01. The van der Waals surface area contributed by atoms with Crippen molar-refractivity contribution in [2.75, 3.05) is 3.93 Å². The monoisotopic (exact) mass is 436 g/mol. The molecule has 0 aliphatic rings. The number of halogens is 6. The van der Waals surface area contributed by atoms with Crippen molar-refractivity contribution in [1.82, 2.24) is 15.0 Å². The van der Waals surface area contributed by atoms with Crippen LogP contribution in [0.1, 0.15) is 0 Å². The van der Waals surface area contributed by atoms with Gasteiger partial charge in [0, 0.05) is 6.07 Å². The van der Waals surface area contributed by atoms with E-state index < -0.39 is 29.0 Å². The van der Waals surface area contributed by atoms with Crippen molar-refractivity contribution in [3.63, 3.8) is 0 Å². The van der Waals surface area contributed by atoms with Gasteiger partial charge in [-0.3, -0.25) is 3.93 Å². The van der Waals surface area contributed by atoms with Gasteiger partial charge in [0.25, 0.3) is 0 Å². The second kappa shape index (κ2) is 6.96. The summed E-state index contributed by atoms with van der Waals surface area (Å²) in [6.45, 7) is -3.15. The van der Waals surface area contributed by atoms with E-state index in [4.69, 9.17) is 11.6 Å². The quantitative estimate of drug-likeness (QED) is 0.424. The molecular formula is C14H6BrClF4N4O. The molecule has 130 valence electrons. The van der Waals surface area contributed by atoms with Crippen LogP contribution >= 0.6 is 27.7 Å². The van der Waals surface area contributed by atoms with Crippen molar-refractivity contribution in [3.05, 3.63) is 47.4 Å². The molecule has 5 nitrogen and oxygen atoms in total. The third-order valence-electron chi connectivity index (χ3n) is 3.06. The molecule has 11 heteroatoms. The molecule has 2 aromatic heterocycles. The fourth-order valence-corrected chi connectivity index (χ4v) is 2.76. The minimum atomic E-state index is -3.15. The van der Waals surface area contributed by atoms with Gasteiger partial charge in [-0.15, -0.1) is 0 Å². The normalized spacial score (nSPS) is 11.2. The van der Waals surface area contributed by atoms with Gasteiger partial charge in [-0.2, -0.15) is 8.78 Å². The molecule has 0 unspecified atom stereocenters. The number of pyridine rings is 1. The number of alkyl halides is 2. The third kappa shape index (κ3) is 3.45. The van der Waals surface area contributed by atoms with E-state index >= 15 is 0 Å². The Morgan fingerprint density at radius 3 is 2.64 bits per heavy atom. The van der Waals surface area contributed by atoms with Crippen molar-refractivity contribution in [2.24, 2.45) is 0 Å². The molecule has 0 aliphatic heterocycles. The van der Waals surface area contributed by atoms with E-state index in [0.717, 1.165) is 34.6 Å². The van der Waals surface area contributed by atoms with E-state index in [1.54, 1.807) is 0 Å². The van der Waals surface area contributed by atoms with Crippen LogP contribution in [0.25, 0.3) is 11.0 Å². The molecule has 0 N–H and O–H groups in total. The number of ether oxygens (including phenoxy) is 1. The van der Waals surface area contributed by atoms with Crippen LogP contribution < -0.4 is 8.66 Å². The number of hydrogen-bond donors (Lipinski definition) is 0. The Bertz CT molecular complexity index is 946. The van der Waals surface area contributed by atoms with Gasteiger partial charge in [0.1, 0.15) is 28.4 Å². The molecule has 0 radical (unpaired) electrons. The highest BCUT2D eigenvalue weighted by Gasteiger charge is 2.22. The maximum absolute atomic E-state index is 14.5. The van der Waals surface area contributed by atoms with Gasteiger partial charge in [0.2, 0.25) is 0 Å². The highest BCUT2D eigenvalue weighted by Crippen LogP contribution is 2.39. The number of hydrogen-bond acceptors (Lipinski definition) is 5. The molecule has 0 bridgehead atoms. The first-order valence-corrected chi connectivity index (χ1v) is 7.62. The summed E-state index contributed by atoms with van der Waals surface area (Å²) in [4.78, 5) is 11.7. The van der Waals surface area contributed by atoms with Crippen LogP contribution in [0.2, 0.25) is 5.02 Å². The highest BCUT2D eigenvalue weighted by molar-refractivity contribution is 9.10. The van der Waals surface area contributed by atoms with Crippen molar-refractivity contribution in [3.8, 4) is 5.75 Å². The Kier molecular flexibility index (Phi) is 4.91. The van der Waals surface area contributed by atoms with Crippen molar-refractivity contribution in [1.29, 1.82) is 0 Å². The van der Waals surface area contributed by atoms with Gasteiger partial charge in [-0.25, -0.2) is 23.7 Å². The van der Waals surface area contributed by atoms with Crippen molar-refractivity contribution >= 4 is 50.3 Å². The van der Waals surface area contributed by atoms with E-state index in [-0.39, 0.29) is 22.5 Å². The topological polar surface area (TPSA) is 51.1 Å². The van der Waals surface area contributed by atoms with E-state index in [9.17, 15) is 17.6 Å². The van der Waals surface area contributed by atoms with Gasteiger partial charge in [-0.1, -0.05) is 11.6 Å². The maximum Gasteiger partial charge on any atom is 0.387 e. The molecule has 0 atom stereocenters. The number of anilines is 2. The van der Waals surface area contributed by atoms with Gasteiger partial charge in [0.05, 0.1) is 33.5 Å². The van der Waals surface area contributed by atoms with Crippen LogP contribution in [-0.2, 0) is 0 Å². The Morgan fingerprint density at radius 1 is 1.16 bits per heavy atom. The minimum Gasteiger partial charge on any atom is -0.433 e. The molecule has 25 heavy (non-hydrogen) atoms. The number of benzene rings is 1. The highest BCUT2D eigenvalue weighted by atomic mass is 79.9. The lowest BCUT2D eigenvalue weighted by molar-refractivity contribution is -0.0499. The van der Waals surface area contributed by atoms with E-state index in [1.807, 2.05) is 0 Å². The Morgan fingerprint density at radius 2 is 1.92 bits per heavy atom. The largest absolute Gasteiger partial charge is 0.433 e. The number of aromatic nitrogens is 3. The standard InChI is InChI=1S/C14H6BrClF4N4O/c15-24(8-1-2-9(25-14(19)20)10(16)11(8)18)13-12-7(22-5-23-13)3-6(17)4-21-12/h1-5,14H. The fourth-order valence-electron chi connectivity index (χ4n) is 2.02. The van der Waals surface area contributed by atoms with E-state index in [1.165, 1.54) is 0 Å². The molecule has 0 aliphatic carbocycles. The molecule has 0 spiro atoms. The Balaban J connectivity index is 2.07. The molecular weight excluding hydrogens is 432 g/mol. The van der Waals surface area contributed by atoms with Crippen molar-refractivity contribution < 1.29 is 22.3 Å². The summed E-state index contributed by atoms with van der Waals surface area (Å²) in [6.07, 6.45) is 2.10. The summed E-state index contributed by atoms with van der Waals surface area (Å²) in [7, 11) is 0. The smallest absolute Gasteiger partial charge is 0.387 e. The first kappa shape index (κ1) is 17.6. The zero-order valence-corrected chi connectivity index (χ0v) is 14.3. The SMILES string of the molecule is Fc1cnc2c(N(Br)c3ccc(OC(F)F)c(Cl)c3F)ncnc2c1. The predicted molar refractivity (Wildman–Crippen MR) is 86.4 cm³/mol. The van der Waals surface area contributed by atoms with Crippen LogP contribution in [0.4, 0.5) is 29.1 Å². The van der Waals surface area contributed by atoms with E-state index in [0.29, 0.717) is 0 Å². The number of fused-ring (bicyclic) bond motifs is 1. The van der Waals surface area contributed by atoms with Crippen LogP contribution in [0.3, 0.4) is 0 Å². The van der Waals surface area contributed by atoms with Crippen LogP contribution in [0.5, 0.6) is 5.75 Å². The van der Waals surface area contributed by atoms with Gasteiger partial charge < -0.3 is 4.74 Å². The summed E-state index contributed by atoms with van der Waals surface area (Å²) in [5, 5.41) is -0.625. The lowest BCUT2D eigenvalue weighted by atomic mass is 10.2. The molecule has 1 aromatic carbocycles. The number of nitrogens with zero attached hydrogens (tertiary/aromatic N) is 4. The summed E-state index contributed by atoms with van der Waals surface area (Å²) < 4.78 is 57.5. The lowest BCUT2D eigenvalue weighted by Gasteiger charge is -2.18. The first-order valence-electron chi connectivity index (χ1n) is 6.53. The fraction of sp³-hybridized carbons (Fsp3) is 0.0714. The minimum absolute atomic E-state index is 0.0995. The summed E-state index contributed by atoms with van der Waals surface area (Å²) >= 11 is 8.85. The summed E-state index contributed by atoms with van der Waals surface area (Å²) in [5.41, 5.74) is 0.237. The third-order valence-corrected chi connectivity index (χ3v) is 4.13. The molecule has 2 heterocycles. The zero-order chi connectivity index (χ0) is 18.1. The van der Waals surface area contributed by atoms with E-state index in [2.05, 4.69) is 35.8 Å². The van der Waals surface area contributed by atoms with Gasteiger partial charge in [0.15, 0.2) is 11.6 Å². The molecule has 0 saturated heterocycles. The second-order valence-corrected chi connectivity index (χ2v) is 5.68. The van der Waals surface area contributed by atoms with Gasteiger partial charge >= 0.3 is 6.61 Å². The molecule has 0 saturated carbocycles. The maximum atomic E-state index is 14.5. The molecule has 3 aromatic rings. The average molecular weight is 438 g/mol. The summed E-state index contributed by atoms with van der Waals surface area (Å²) in [5.74, 6) is -2.03. The molecule has 0 amide bonds. The van der Waals surface area contributed by atoms with Crippen LogP contribution in [0, 0.1) is 11.6 Å². The second-order valence-electron chi connectivity index (χ2n) is 4.59.